The molecule has 0 bridgehead atoms. The van der Waals surface area contributed by atoms with Crippen LogP contribution in [-0.4, -0.2) is 49.1 Å². The van der Waals surface area contributed by atoms with Crippen molar-refractivity contribution in [1.29, 1.82) is 0 Å². The van der Waals surface area contributed by atoms with Crippen molar-refractivity contribution in [2.24, 2.45) is 0 Å². The van der Waals surface area contributed by atoms with Gasteiger partial charge in [0.2, 0.25) is 0 Å². The van der Waals surface area contributed by atoms with Crippen LogP contribution in [0.2, 0.25) is 18.1 Å². The first-order valence-corrected chi connectivity index (χ1v) is 17.6. The van der Waals surface area contributed by atoms with Gasteiger partial charge in [0.25, 0.3) is 5.91 Å². The van der Waals surface area contributed by atoms with Gasteiger partial charge in [0.05, 0.1) is 18.8 Å². The normalized spacial score (nSPS) is 18.9. The zero-order chi connectivity index (χ0) is 29.6. The predicted molar refractivity (Wildman–Crippen MR) is 163 cm³/mol. The van der Waals surface area contributed by atoms with E-state index in [2.05, 4.69) is 40.8 Å². The summed E-state index contributed by atoms with van der Waals surface area (Å²) in [5, 5.41) is -0.0482. The summed E-state index contributed by atoms with van der Waals surface area (Å²) in [4.78, 5) is 29.2. The van der Waals surface area contributed by atoms with Crippen LogP contribution in [0.15, 0.2) is 60.7 Å². The fourth-order valence-electron chi connectivity index (χ4n) is 4.86. The topological polar surface area (TPSA) is 65.1 Å². The molecule has 6 nitrogen and oxygen atoms in total. The summed E-state index contributed by atoms with van der Waals surface area (Å²) in [6.45, 7) is 17.1. The number of benzene rings is 2. The summed E-state index contributed by atoms with van der Waals surface area (Å²) in [5.41, 5.74) is 1.16. The van der Waals surface area contributed by atoms with Gasteiger partial charge >= 0.3 is 6.09 Å². The van der Waals surface area contributed by atoms with Crippen LogP contribution in [0.3, 0.4) is 0 Å². The summed E-state index contributed by atoms with van der Waals surface area (Å²) in [6.07, 6.45) is 2.15. The Bertz CT molecular complexity index is 1100. The second-order valence-electron chi connectivity index (χ2n) is 13.0. The molecule has 0 N–H and O–H groups in total. The lowest BCUT2D eigenvalue weighted by molar-refractivity contribution is -0.151. The minimum Gasteiger partial charge on any atom is -0.441 e. The quantitative estimate of drug-likeness (QED) is 0.182. The standard InChI is InChI=1S/C33H49NO5Si/c1-9-10-13-22-27(39-40(7,8)32(2,3)4)29(37-24-26-20-16-12-17-21-26)30(35)34-28(33(5,6)38-31(34)36)23-25-18-14-11-15-19-25/h11-12,14-21,27-29H,9-10,13,22-24H2,1-8H3/t27-,28+,29+/m1/s1. The molecule has 2 amide bonds. The van der Waals surface area contributed by atoms with E-state index in [4.69, 9.17) is 13.9 Å². The molecule has 40 heavy (non-hydrogen) atoms. The van der Waals surface area contributed by atoms with Gasteiger partial charge in [-0.1, -0.05) is 108 Å². The van der Waals surface area contributed by atoms with Crippen molar-refractivity contribution in [1.82, 2.24) is 4.90 Å². The van der Waals surface area contributed by atoms with E-state index in [1.165, 1.54) is 4.90 Å². The van der Waals surface area contributed by atoms with Crippen molar-refractivity contribution >= 4 is 20.3 Å². The molecule has 220 valence electrons. The Morgan fingerprint density at radius 3 is 2.12 bits per heavy atom. The zero-order valence-corrected chi connectivity index (χ0v) is 26.7. The van der Waals surface area contributed by atoms with Crippen LogP contribution in [0.1, 0.15) is 78.4 Å². The van der Waals surface area contributed by atoms with E-state index in [1.54, 1.807) is 0 Å². The molecule has 0 radical (unpaired) electrons. The van der Waals surface area contributed by atoms with E-state index < -0.39 is 38.3 Å². The van der Waals surface area contributed by atoms with E-state index >= 15 is 0 Å². The number of hydrogen-bond donors (Lipinski definition) is 0. The Labute approximate surface area is 242 Å². The second kappa shape index (κ2) is 13.5. The molecule has 1 heterocycles. The van der Waals surface area contributed by atoms with Gasteiger partial charge in [0.15, 0.2) is 14.4 Å². The Kier molecular flexibility index (Phi) is 10.8. The third kappa shape index (κ3) is 8.05. The largest absolute Gasteiger partial charge is 0.441 e. The van der Waals surface area contributed by atoms with Crippen LogP contribution in [-0.2, 0) is 31.7 Å². The van der Waals surface area contributed by atoms with Gasteiger partial charge in [-0.05, 0) is 55.9 Å². The van der Waals surface area contributed by atoms with Crippen molar-refractivity contribution in [2.75, 3.05) is 0 Å². The Morgan fingerprint density at radius 2 is 1.57 bits per heavy atom. The van der Waals surface area contributed by atoms with Gasteiger partial charge in [-0.15, -0.1) is 0 Å². The van der Waals surface area contributed by atoms with Crippen molar-refractivity contribution < 1.29 is 23.5 Å². The molecule has 2 aromatic rings. The molecular formula is C33H49NO5Si. The van der Waals surface area contributed by atoms with E-state index in [9.17, 15) is 9.59 Å². The van der Waals surface area contributed by atoms with Gasteiger partial charge < -0.3 is 13.9 Å². The first-order chi connectivity index (χ1) is 18.8. The summed E-state index contributed by atoms with van der Waals surface area (Å²) in [6, 6.07) is 19.3. The van der Waals surface area contributed by atoms with Crippen molar-refractivity contribution in [2.45, 2.75) is 122 Å². The first kappa shape index (κ1) is 32.0. The van der Waals surface area contributed by atoms with Gasteiger partial charge in [-0.3, -0.25) is 4.79 Å². The first-order valence-electron chi connectivity index (χ1n) is 14.7. The van der Waals surface area contributed by atoms with E-state index in [1.807, 2.05) is 74.5 Å². The summed E-state index contributed by atoms with van der Waals surface area (Å²) in [7, 11) is -2.27. The lowest BCUT2D eigenvalue weighted by Crippen LogP contribution is -2.55. The van der Waals surface area contributed by atoms with Crippen LogP contribution in [0, 0.1) is 0 Å². The third-order valence-corrected chi connectivity index (χ3v) is 12.9. The van der Waals surface area contributed by atoms with Crippen LogP contribution in [0.4, 0.5) is 4.79 Å². The molecule has 3 rings (SSSR count). The molecule has 0 unspecified atom stereocenters. The molecule has 0 aromatic heterocycles. The molecule has 1 aliphatic rings. The number of ether oxygens (including phenoxy) is 2. The molecule has 0 saturated carbocycles. The number of hydrogen-bond acceptors (Lipinski definition) is 5. The molecule has 1 aliphatic heterocycles. The maximum Gasteiger partial charge on any atom is 0.417 e. The summed E-state index contributed by atoms with van der Waals surface area (Å²) >= 11 is 0. The molecular weight excluding hydrogens is 518 g/mol. The Balaban J connectivity index is 2.00. The van der Waals surface area contributed by atoms with Gasteiger partial charge in [-0.25, -0.2) is 9.69 Å². The number of carbonyl (C=O) groups excluding carboxylic acids is 2. The molecule has 1 fully saturated rings. The van der Waals surface area contributed by atoms with E-state index in [0.717, 1.165) is 30.4 Å². The molecule has 1 saturated heterocycles. The second-order valence-corrected chi connectivity index (χ2v) is 17.8. The number of unbranched alkanes of at least 4 members (excludes halogenated alkanes) is 2. The lowest BCUT2D eigenvalue weighted by Gasteiger charge is -2.41. The van der Waals surface area contributed by atoms with Crippen molar-refractivity contribution in [3.05, 3.63) is 71.8 Å². The molecule has 0 spiro atoms. The minimum absolute atomic E-state index is 0.0482. The predicted octanol–water partition coefficient (Wildman–Crippen LogP) is 7.91. The number of imide groups is 1. The number of carbonyl (C=O) groups is 2. The zero-order valence-electron chi connectivity index (χ0n) is 25.7. The average molecular weight is 568 g/mol. The van der Waals surface area contributed by atoms with Crippen LogP contribution in [0.5, 0.6) is 0 Å². The van der Waals surface area contributed by atoms with Crippen LogP contribution in [0.25, 0.3) is 0 Å². The summed E-state index contributed by atoms with van der Waals surface area (Å²) in [5.74, 6) is -0.382. The number of rotatable bonds is 13. The highest BCUT2D eigenvalue weighted by Gasteiger charge is 2.53. The fraction of sp³-hybridized carbons (Fsp3) is 0.576. The lowest BCUT2D eigenvalue weighted by atomic mass is 9.91. The molecule has 2 aromatic carbocycles. The number of nitrogens with zero attached hydrogens (tertiary/aromatic N) is 1. The Morgan fingerprint density at radius 1 is 1.00 bits per heavy atom. The molecule has 0 aliphatic carbocycles. The van der Waals surface area contributed by atoms with Crippen molar-refractivity contribution in [3.8, 4) is 0 Å². The van der Waals surface area contributed by atoms with E-state index in [-0.39, 0.29) is 17.6 Å². The summed E-state index contributed by atoms with van der Waals surface area (Å²) < 4.78 is 19.2. The highest BCUT2D eigenvalue weighted by Crippen LogP contribution is 2.39. The highest BCUT2D eigenvalue weighted by molar-refractivity contribution is 6.74. The van der Waals surface area contributed by atoms with Crippen LogP contribution >= 0.6 is 0 Å². The smallest absolute Gasteiger partial charge is 0.417 e. The van der Waals surface area contributed by atoms with Gasteiger partial charge in [0, 0.05) is 0 Å². The van der Waals surface area contributed by atoms with Gasteiger partial charge in [-0.2, -0.15) is 0 Å². The number of cyclic esters (lactones) is 1. The molecule has 3 atom stereocenters. The fourth-order valence-corrected chi connectivity index (χ4v) is 6.21. The highest BCUT2D eigenvalue weighted by atomic mass is 28.4. The minimum atomic E-state index is -2.27. The van der Waals surface area contributed by atoms with Crippen LogP contribution < -0.4 is 0 Å². The Hall–Kier alpha value is -2.48. The third-order valence-electron chi connectivity index (χ3n) is 8.37. The molecule has 7 heteroatoms. The monoisotopic (exact) mass is 567 g/mol. The average Bonchev–Trinajstić information content (AvgIpc) is 3.11. The SMILES string of the molecule is CCCCC[C@@H](O[Si](C)(C)C(C)(C)C)[C@H](OCc1ccccc1)C(=O)N1C(=O)OC(C)(C)[C@@H]1Cc1ccccc1. The van der Waals surface area contributed by atoms with Crippen molar-refractivity contribution in [3.63, 3.8) is 0 Å². The maximum atomic E-state index is 14.5. The van der Waals surface area contributed by atoms with E-state index in [0.29, 0.717) is 12.8 Å². The van der Waals surface area contributed by atoms with Gasteiger partial charge in [0.1, 0.15) is 5.60 Å². The number of amides is 2. The maximum absolute atomic E-state index is 14.5.